The highest BCUT2D eigenvalue weighted by atomic mass is 16.5. The molecule has 2 rings (SSSR count). The van der Waals surface area contributed by atoms with Crippen molar-refractivity contribution in [1.29, 1.82) is 0 Å². The van der Waals surface area contributed by atoms with Crippen LogP contribution >= 0.6 is 0 Å². The third kappa shape index (κ3) is 2.44. The Balaban J connectivity index is 1.58. The summed E-state index contributed by atoms with van der Waals surface area (Å²) < 4.78 is 5.77. The standard InChI is InChI=1S/C11H20O2/c1-8-4-11(5-8)13-7-9-2-3-10(12)6-9/h8-12H,2-7H2,1H3. The second-order valence-electron chi connectivity index (χ2n) is 4.86. The van der Waals surface area contributed by atoms with E-state index in [1.807, 2.05) is 0 Å². The van der Waals surface area contributed by atoms with Gasteiger partial charge < -0.3 is 9.84 Å². The van der Waals surface area contributed by atoms with Crippen LogP contribution < -0.4 is 0 Å². The highest BCUT2D eigenvalue weighted by Crippen LogP contribution is 2.31. The van der Waals surface area contributed by atoms with E-state index in [1.54, 1.807) is 0 Å². The van der Waals surface area contributed by atoms with Crippen LogP contribution in [0.5, 0.6) is 0 Å². The molecule has 2 aliphatic rings. The molecule has 0 heterocycles. The maximum absolute atomic E-state index is 9.32. The summed E-state index contributed by atoms with van der Waals surface area (Å²) in [6.07, 6.45) is 6.08. The first-order valence-corrected chi connectivity index (χ1v) is 5.53. The molecule has 0 aliphatic heterocycles. The molecule has 13 heavy (non-hydrogen) atoms. The van der Waals surface area contributed by atoms with Gasteiger partial charge in [0.25, 0.3) is 0 Å². The quantitative estimate of drug-likeness (QED) is 0.726. The normalized spacial score (nSPS) is 44.8. The van der Waals surface area contributed by atoms with Crippen molar-refractivity contribution in [1.82, 2.24) is 0 Å². The number of aliphatic hydroxyl groups is 1. The molecule has 1 N–H and O–H groups in total. The van der Waals surface area contributed by atoms with Crippen LogP contribution in [0.15, 0.2) is 0 Å². The van der Waals surface area contributed by atoms with E-state index in [1.165, 1.54) is 12.8 Å². The van der Waals surface area contributed by atoms with Crippen molar-refractivity contribution in [2.45, 2.75) is 51.2 Å². The molecule has 2 saturated carbocycles. The highest BCUT2D eigenvalue weighted by molar-refractivity contribution is 4.79. The van der Waals surface area contributed by atoms with Crippen molar-refractivity contribution >= 4 is 0 Å². The molecule has 2 heteroatoms. The van der Waals surface area contributed by atoms with Gasteiger partial charge in [-0.2, -0.15) is 0 Å². The summed E-state index contributed by atoms with van der Waals surface area (Å²) in [7, 11) is 0. The number of ether oxygens (including phenoxy) is 1. The maximum Gasteiger partial charge on any atom is 0.0580 e. The minimum absolute atomic E-state index is 0.0473. The summed E-state index contributed by atoms with van der Waals surface area (Å²) in [4.78, 5) is 0. The monoisotopic (exact) mass is 184 g/mol. The zero-order valence-electron chi connectivity index (χ0n) is 8.41. The minimum atomic E-state index is -0.0473. The lowest BCUT2D eigenvalue weighted by atomic mass is 9.84. The Morgan fingerprint density at radius 3 is 2.54 bits per heavy atom. The van der Waals surface area contributed by atoms with E-state index < -0.39 is 0 Å². The summed E-state index contributed by atoms with van der Waals surface area (Å²) in [6.45, 7) is 3.16. The summed E-state index contributed by atoms with van der Waals surface area (Å²) in [5.74, 6) is 1.50. The Labute approximate surface area is 80.3 Å². The number of rotatable bonds is 3. The first-order valence-electron chi connectivity index (χ1n) is 5.53. The molecule has 0 aromatic rings. The molecule has 0 bridgehead atoms. The average molecular weight is 184 g/mol. The summed E-state index contributed by atoms with van der Waals surface area (Å²) in [6, 6.07) is 0. The van der Waals surface area contributed by atoms with Gasteiger partial charge in [0.2, 0.25) is 0 Å². The van der Waals surface area contributed by atoms with Crippen LogP contribution in [0.3, 0.4) is 0 Å². The largest absolute Gasteiger partial charge is 0.393 e. The van der Waals surface area contributed by atoms with Gasteiger partial charge >= 0.3 is 0 Å². The van der Waals surface area contributed by atoms with Gasteiger partial charge in [-0.3, -0.25) is 0 Å². The second kappa shape index (κ2) is 3.97. The zero-order chi connectivity index (χ0) is 9.26. The molecule has 0 amide bonds. The lowest BCUT2D eigenvalue weighted by Crippen LogP contribution is -2.30. The SMILES string of the molecule is CC1CC(OCC2CCC(O)C2)C1. The Morgan fingerprint density at radius 2 is 2.00 bits per heavy atom. The molecular formula is C11H20O2. The molecule has 2 fully saturated rings. The first-order chi connectivity index (χ1) is 6.24. The van der Waals surface area contributed by atoms with Crippen molar-refractivity contribution in [3.63, 3.8) is 0 Å². The van der Waals surface area contributed by atoms with Crippen LogP contribution in [-0.4, -0.2) is 23.9 Å². The van der Waals surface area contributed by atoms with E-state index in [4.69, 9.17) is 4.74 Å². The van der Waals surface area contributed by atoms with Gasteiger partial charge in [-0.15, -0.1) is 0 Å². The van der Waals surface area contributed by atoms with Gasteiger partial charge in [0.05, 0.1) is 12.2 Å². The van der Waals surface area contributed by atoms with Crippen LogP contribution in [0.4, 0.5) is 0 Å². The fraction of sp³-hybridized carbons (Fsp3) is 1.00. The van der Waals surface area contributed by atoms with Crippen molar-refractivity contribution in [3.8, 4) is 0 Å². The molecule has 0 spiro atoms. The molecule has 76 valence electrons. The Hall–Kier alpha value is -0.0800. The van der Waals surface area contributed by atoms with Gasteiger partial charge in [-0.1, -0.05) is 6.92 Å². The van der Waals surface area contributed by atoms with E-state index in [0.717, 1.165) is 31.8 Å². The van der Waals surface area contributed by atoms with Crippen LogP contribution in [0.25, 0.3) is 0 Å². The highest BCUT2D eigenvalue weighted by Gasteiger charge is 2.28. The zero-order valence-corrected chi connectivity index (χ0v) is 8.41. The van der Waals surface area contributed by atoms with Crippen LogP contribution in [0.1, 0.15) is 39.0 Å². The van der Waals surface area contributed by atoms with Gasteiger partial charge in [0.15, 0.2) is 0 Å². The van der Waals surface area contributed by atoms with E-state index in [9.17, 15) is 5.11 Å². The first kappa shape index (κ1) is 9.47. The fourth-order valence-corrected chi connectivity index (χ4v) is 2.44. The Bertz CT molecular complexity index is 163. The van der Waals surface area contributed by atoms with Gasteiger partial charge in [-0.25, -0.2) is 0 Å². The molecule has 0 aromatic carbocycles. The third-order valence-electron chi connectivity index (χ3n) is 3.41. The molecule has 0 saturated heterocycles. The van der Waals surface area contributed by atoms with E-state index in [2.05, 4.69) is 6.92 Å². The van der Waals surface area contributed by atoms with Gasteiger partial charge in [0, 0.05) is 6.61 Å². The Kier molecular flexibility index (Phi) is 2.89. The lowest BCUT2D eigenvalue weighted by molar-refractivity contribution is -0.0406. The molecule has 2 atom stereocenters. The van der Waals surface area contributed by atoms with Crippen molar-refractivity contribution in [2.24, 2.45) is 11.8 Å². The van der Waals surface area contributed by atoms with Crippen molar-refractivity contribution in [2.75, 3.05) is 6.61 Å². The molecule has 0 aromatic heterocycles. The van der Waals surface area contributed by atoms with Crippen LogP contribution in [-0.2, 0) is 4.74 Å². The maximum atomic E-state index is 9.32. The molecule has 2 nitrogen and oxygen atoms in total. The molecule has 2 aliphatic carbocycles. The Morgan fingerprint density at radius 1 is 1.23 bits per heavy atom. The number of aliphatic hydroxyl groups excluding tert-OH is 1. The number of hydrogen-bond acceptors (Lipinski definition) is 2. The second-order valence-corrected chi connectivity index (χ2v) is 4.86. The van der Waals surface area contributed by atoms with Crippen LogP contribution in [0.2, 0.25) is 0 Å². The smallest absolute Gasteiger partial charge is 0.0580 e. The minimum Gasteiger partial charge on any atom is -0.393 e. The molecular weight excluding hydrogens is 164 g/mol. The van der Waals surface area contributed by atoms with E-state index >= 15 is 0 Å². The predicted molar refractivity (Wildman–Crippen MR) is 51.5 cm³/mol. The van der Waals surface area contributed by atoms with Crippen molar-refractivity contribution < 1.29 is 9.84 Å². The number of hydrogen-bond donors (Lipinski definition) is 1. The van der Waals surface area contributed by atoms with E-state index in [0.29, 0.717) is 12.0 Å². The van der Waals surface area contributed by atoms with Crippen molar-refractivity contribution in [3.05, 3.63) is 0 Å². The lowest BCUT2D eigenvalue weighted by Gasteiger charge is -2.33. The van der Waals surface area contributed by atoms with Gasteiger partial charge in [0.1, 0.15) is 0 Å². The van der Waals surface area contributed by atoms with Crippen LogP contribution in [0, 0.1) is 11.8 Å². The fourth-order valence-electron chi connectivity index (χ4n) is 2.44. The molecule has 0 radical (unpaired) electrons. The molecule has 2 unspecified atom stereocenters. The summed E-state index contributed by atoms with van der Waals surface area (Å²) >= 11 is 0. The topological polar surface area (TPSA) is 29.5 Å². The summed E-state index contributed by atoms with van der Waals surface area (Å²) in [5, 5.41) is 9.32. The third-order valence-corrected chi connectivity index (χ3v) is 3.41. The predicted octanol–water partition coefficient (Wildman–Crippen LogP) is 1.96. The summed E-state index contributed by atoms with van der Waals surface area (Å²) in [5.41, 5.74) is 0. The van der Waals surface area contributed by atoms with Gasteiger partial charge in [-0.05, 0) is 43.9 Å². The van der Waals surface area contributed by atoms with E-state index in [-0.39, 0.29) is 6.10 Å². The average Bonchev–Trinajstić information content (AvgIpc) is 2.43.